The monoisotopic (exact) mass is 393 g/mol. The van der Waals surface area contributed by atoms with Gasteiger partial charge in [0, 0.05) is 29.8 Å². The van der Waals surface area contributed by atoms with Crippen molar-refractivity contribution < 1.29 is 9.59 Å². The fourth-order valence-electron chi connectivity index (χ4n) is 5.78. The highest BCUT2D eigenvalue weighted by atomic mass is 16.2. The van der Waals surface area contributed by atoms with Gasteiger partial charge in [0.25, 0.3) is 5.91 Å². The van der Waals surface area contributed by atoms with E-state index in [1.165, 1.54) is 0 Å². The molecule has 4 rings (SSSR count). The van der Waals surface area contributed by atoms with E-state index in [1.807, 2.05) is 24.0 Å². The van der Waals surface area contributed by atoms with Crippen LogP contribution in [0.5, 0.6) is 0 Å². The Morgan fingerprint density at radius 3 is 2.45 bits per heavy atom. The van der Waals surface area contributed by atoms with Crippen LogP contribution in [0.15, 0.2) is 18.2 Å². The van der Waals surface area contributed by atoms with E-state index in [-0.39, 0.29) is 17.2 Å². The molecule has 3 aliphatic rings. The number of benzene rings is 1. The van der Waals surface area contributed by atoms with E-state index in [0.717, 1.165) is 50.8 Å². The Morgan fingerprint density at radius 2 is 1.83 bits per heavy atom. The summed E-state index contributed by atoms with van der Waals surface area (Å²) in [6.45, 7) is 7.85. The molecule has 5 heteroatoms. The number of rotatable bonds is 3. The Labute approximate surface area is 173 Å². The van der Waals surface area contributed by atoms with Crippen LogP contribution >= 0.6 is 0 Å². The summed E-state index contributed by atoms with van der Waals surface area (Å²) in [6, 6.07) is 7.85. The topological polar surface area (TPSA) is 73.2 Å². The Kier molecular flexibility index (Phi) is 4.93. The molecule has 0 aromatic heterocycles. The summed E-state index contributed by atoms with van der Waals surface area (Å²) in [5.41, 5.74) is 1.14. The van der Waals surface area contributed by atoms with Crippen molar-refractivity contribution in [3.05, 3.63) is 29.3 Å². The van der Waals surface area contributed by atoms with E-state index >= 15 is 0 Å². The van der Waals surface area contributed by atoms with Gasteiger partial charge in [-0.2, -0.15) is 5.26 Å². The first-order valence-corrected chi connectivity index (χ1v) is 10.9. The zero-order valence-corrected chi connectivity index (χ0v) is 17.8. The van der Waals surface area contributed by atoms with Gasteiger partial charge in [-0.15, -0.1) is 0 Å². The second kappa shape index (κ2) is 7.16. The van der Waals surface area contributed by atoms with Gasteiger partial charge in [-0.3, -0.25) is 9.59 Å². The Hall–Kier alpha value is -2.35. The van der Waals surface area contributed by atoms with E-state index < -0.39 is 5.41 Å². The van der Waals surface area contributed by atoms with Crippen molar-refractivity contribution in [2.45, 2.75) is 59.3 Å². The van der Waals surface area contributed by atoms with Crippen LogP contribution < -0.4 is 5.32 Å². The molecular formula is C24H31N3O2. The molecule has 1 heterocycles. The Balaban J connectivity index is 1.53. The molecule has 3 fully saturated rings. The summed E-state index contributed by atoms with van der Waals surface area (Å²) in [6.07, 6.45) is 5.97. The van der Waals surface area contributed by atoms with E-state index in [1.54, 1.807) is 6.07 Å². The van der Waals surface area contributed by atoms with Crippen LogP contribution in [-0.2, 0) is 4.79 Å². The molecule has 1 spiro atoms. The Morgan fingerprint density at radius 1 is 1.17 bits per heavy atom. The molecule has 0 radical (unpaired) electrons. The van der Waals surface area contributed by atoms with Crippen molar-refractivity contribution in [1.29, 1.82) is 5.26 Å². The molecule has 1 N–H and O–H groups in total. The lowest BCUT2D eigenvalue weighted by atomic mass is 9.91. The van der Waals surface area contributed by atoms with Gasteiger partial charge in [0.2, 0.25) is 5.91 Å². The molecule has 2 saturated carbocycles. The van der Waals surface area contributed by atoms with E-state index in [9.17, 15) is 14.9 Å². The number of piperidine rings is 1. The number of aryl methyl sites for hydroxylation is 1. The second-order valence-electron chi connectivity index (χ2n) is 9.82. The quantitative estimate of drug-likeness (QED) is 0.820. The predicted molar refractivity (Wildman–Crippen MR) is 112 cm³/mol. The predicted octanol–water partition coefficient (Wildman–Crippen LogP) is 4.53. The van der Waals surface area contributed by atoms with Crippen molar-refractivity contribution in [2.75, 3.05) is 18.4 Å². The molecule has 1 aromatic rings. The molecule has 1 aromatic carbocycles. The average Bonchev–Trinajstić information content (AvgIpc) is 3.07. The maximum Gasteiger partial charge on any atom is 0.253 e. The van der Waals surface area contributed by atoms with Crippen molar-refractivity contribution in [2.24, 2.45) is 22.7 Å². The molecule has 3 unspecified atom stereocenters. The maximum absolute atomic E-state index is 13.1. The van der Waals surface area contributed by atoms with Gasteiger partial charge in [-0.25, -0.2) is 0 Å². The SMILES string of the molecule is Cc1ccc(C(=O)N2CC(C)CC(C)C2)cc1NC(=O)C1(C#N)CC12CCCC2. The molecule has 5 nitrogen and oxygen atoms in total. The molecule has 2 aliphatic carbocycles. The number of carbonyl (C=O) groups excluding carboxylic acids is 2. The lowest BCUT2D eigenvalue weighted by Crippen LogP contribution is -2.42. The lowest BCUT2D eigenvalue weighted by molar-refractivity contribution is -0.120. The van der Waals surface area contributed by atoms with Crippen LogP contribution in [0.3, 0.4) is 0 Å². The van der Waals surface area contributed by atoms with E-state index in [0.29, 0.717) is 29.5 Å². The zero-order chi connectivity index (χ0) is 20.8. The normalized spacial score (nSPS) is 30.1. The molecule has 1 saturated heterocycles. The van der Waals surface area contributed by atoms with E-state index in [2.05, 4.69) is 25.2 Å². The number of likely N-dealkylation sites (tertiary alicyclic amines) is 1. The average molecular weight is 394 g/mol. The number of nitrogens with one attached hydrogen (secondary N) is 1. The molecule has 3 atom stereocenters. The summed E-state index contributed by atoms with van der Waals surface area (Å²) in [5.74, 6) is 0.822. The lowest BCUT2D eigenvalue weighted by Gasteiger charge is -2.35. The zero-order valence-electron chi connectivity index (χ0n) is 17.8. The van der Waals surface area contributed by atoms with Crippen LogP contribution in [0.4, 0.5) is 5.69 Å². The number of carbonyl (C=O) groups is 2. The summed E-state index contributed by atoms with van der Waals surface area (Å²) in [5, 5.41) is 12.8. The number of amides is 2. The van der Waals surface area contributed by atoms with Gasteiger partial charge < -0.3 is 10.2 Å². The number of hydrogen-bond donors (Lipinski definition) is 1. The number of anilines is 1. The first kappa shape index (κ1) is 19.9. The maximum atomic E-state index is 13.1. The molecule has 0 bridgehead atoms. The summed E-state index contributed by atoms with van der Waals surface area (Å²) >= 11 is 0. The van der Waals surface area contributed by atoms with Crippen molar-refractivity contribution in [1.82, 2.24) is 4.90 Å². The van der Waals surface area contributed by atoms with Gasteiger partial charge in [0.1, 0.15) is 5.41 Å². The van der Waals surface area contributed by atoms with Gasteiger partial charge in [0.05, 0.1) is 6.07 Å². The van der Waals surface area contributed by atoms with Crippen LogP contribution in [0.2, 0.25) is 0 Å². The summed E-state index contributed by atoms with van der Waals surface area (Å²) < 4.78 is 0. The highest BCUT2D eigenvalue weighted by molar-refractivity contribution is 6.02. The third-order valence-electron chi connectivity index (χ3n) is 7.41. The van der Waals surface area contributed by atoms with Crippen molar-refractivity contribution in [3.8, 4) is 6.07 Å². The molecule has 1 aliphatic heterocycles. The fraction of sp³-hybridized carbons (Fsp3) is 0.625. The smallest absolute Gasteiger partial charge is 0.253 e. The highest BCUT2D eigenvalue weighted by Crippen LogP contribution is 2.71. The van der Waals surface area contributed by atoms with E-state index in [4.69, 9.17) is 0 Å². The summed E-state index contributed by atoms with van der Waals surface area (Å²) in [7, 11) is 0. The fourth-order valence-corrected chi connectivity index (χ4v) is 5.78. The minimum atomic E-state index is -0.895. The Bertz CT molecular complexity index is 871. The van der Waals surface area contributed by atoms with Crippen LogP contribution in [0, 0.1) is 40.9 Å². The number of nitrogens with zero attached hydrogens (tertiary/aromatic N) is 2. The van der Waals surface area contributed by atoms with Crippen LogP contribution in [0.1, 0.15) is 68.3 Å². The standard InChI is InChI=1S/C24H31N3O2/c1-16-10-17(2)13-27(12-16)21(28)19-7-6-18(3)20(11-19)26-22(29)24(15-25)14-23(24)8-4-5-9-23/h6-7,11,16-17H,4-5,8-10,12-14H2,1-3H3,(H,26,29). The molecule has 29 heavy (non-hydrogen) atoms. The number of hydrogen-bond acceptors (Lipinski definition) is 3. The van der Waals surface area contributed by atoms with Crippen molar-refractivity contribution >= 4 is 17.5 Å². The summed E-state index contributed by atoms with van der Waals surface area (Å²) in [4.78, 5) is 28.1. The first-order valence-electron chi connectivity index (χ1n) is 10.9. The molecule has 154 valence electrons. The molecular weight excluding hydrogens is 362 g/mol. The van der Waals surface area contributed by atoms with Crippen LogP contribution in [-0.4, -0.2) is 29.8 Å². The number of nitriles is 1. The van der Waals surface area contributed by atoms with Gasteiger partial charge in [-0.1, -0.05) is 32.8 Å². The highest BCUT2D eigenvalue weighted by Gasteiger charge is 2.72. The molecule has 2 amide bonds. The largest absolute Gasteiger partial charge is 0.338 e. The van der Waals surface area contributed by atoms with Gasteiger partial charge in [0.15, 0.2) is 0 Å². The minimum absolute atomic E-state index is 0.0209. The minimum Gasteiger partial charge on any atom is -0.338 e. The second-order valence-corrected chi connectivity index (χ2v) is 9.82. The third-order valence-corrected chi connectivity index (χ3v) is 7.41. The van der Waals surface area contributed by atoms with Crippen LogP contribution in [0.25, 0.3) is 0 Å². The van der Waals surface area contributed by atoms with Crippen molar-refractivity contribution in [3.63, 3.8) is 0 Å². The third kappa shape index (κ3) is 3.33. The first-order chi connectivity index (χ1) is 13.8. The van der Waals surface area contributed by atoms with Gasteiger partial charge in [-0.05, 0) is 62.1 Å². The van der Waals surface area contributed by atoms with Gasteiger partial charge >= 0.3 is 0 Å².